The molecule has 0 fully saturated rings. The molecule has 0 aliphatic rings. The fraction of sp³-hybridized carbons (Fsp3) is 0.875. The third kappa shape index (κ3) is 4.50. The van der Waals surface area contributed by atoms with Crippen LogP contribution in [0.4, 0.5) is 0 Å². The average molecular weight is 144 g/mol. The van der Waals surface area contributed by atoms with E-state index in [1.165, 1.54) is 0 Å². The molecule has 10 heavy (non-hydrogen) atoms. The van der Waals surface area contributed by atoms with Gasteiger partial charge in [0.25, 0.3) is 0 Å². The van der Waals surface area contributed by atoms with Gasteiger partial charge < -0.3 is 9.53 Å². The van der Waals surface area contributed by atoms with Gasteiger partial charge in [-0.05, 0) is 13.3 Å². The van der Waals surface area contributed by atoms with Gasteiger partial charge >= 0.3 is 0 Å². The molecule has 0 saturated heterocycles. The van der Waals surface area contributed by atoms with Crippen molar-refractivity contribution in [2.75, 3.05) is 6.61 Å². The first-order valence-electron chi connectivity index (χ1n) is 3.90. The van der Waals surface area contributed by atoms with Crippen molar-refractivity contribution < 1.29 is 9.53 Å². The Morgan fingerprint density at radius 3 is 2.60 bits per heavy atom. The van der Waals surface area contributed by atoms with Gasteiger partial charge in [0.05, 0.1) is 6.10 Å². The number of hydrogen-bond donors (Lipinski definition) is 0. The van der Waals surface area contributed by atoms with E-state index in [1.807, 2.05) is 6.92 Å². The molecule has 0 N–H and O–H groups in total. The molecule has 0 bridgehead atoms. The quantitative estimate of drug-likeness (QED) is 0.531. The minimum absolute atomic E-state index is 0.160. The summed E-state index contributed by atoms with van der Waals surface area (Å²) in [4.78, 5) is 10.1. The highest BCUT2D eigenvalue weighted by Gasteiger charge is 2.04. The lowest BCUT2D eigenvalue weighted by molar-refractivity contribution is -0.110. The number of rotatable bonds is 6. The van der Waals surface area contributed by atoms with Gasteiger partial charge in [0.15, 0.2) is 0 Å². The van der Waals surface area contributed by atoms with Crippen LogP contribution in [0.1, 0.15) is 33.1 Å². The van der Waals surface area contributed by atoms with Crippen molar-refractivity contribution in [1.82, 2.24) is 0 Å². The van der Waals surface area contributed by atoms with Gasteiger partial charge in [0, 0.05) is 13.0 Å². The molecule has 0 amide bonds. The molecule has 0 aliphatic heterocycles. The summed E-state index contributed by atoms with van der Waals surface area (Å²) in [6, 6.07) is 0. The van der Waals surface area contributed by atoms with E-state index in [1.54, 1.807) is 0 Å². The van der Waals surface area contributed by atoms with Crippen molar-refractivity contribution in [3.63, 3.8) is 0 Å². The predicted octanol–water partition coefficient (Wildman–Crippen LogP) is 1.78. The molecule has 0 rings (SSSR count). The van der Waals surface area contributed by atoms with Crippen LogP contribution < -0.4 is 0 Å². The normalized spacial score (nSPS) is 13.0. The standard InChI is InChI=1S/C8H16O2/c1-3-5-8(6-7-9)10-4-2/h7-8H,3-6H2,1-2H3. The summed E-state index contributed by atoms with van der Waals surface area (Å²) in [5.41, 5.74) is 0. The van der Waals surface area contributed by atoms with E-state index in [2.05, 4.69) is 6.92 Å². The summed E-state index contributed by atoms with van der Waals surface area (Å²) in [6.07, 6.45) is 3.70. The second kappa shape index (κ2) is 6.75. The fourth-order valence-corrected chi connectivity index (χ4v) is 0.934. The van der Waals surface area contributed by atoms with E-state index >= 15 is 0 Å². The number of ether oxygens (including phenoxy) is 1. The molecule has 0 saturated carbocycles. The molecule has 1 unspecified atom stereocenters. The maximum atomic E-state index is 10.1. The topological polar surface area (TPSA) is 26.3 Å². The Kier molecular flexibility index (Phi) is 6.50. The first-order chi connectivity index (χ1) is 4.85. The van der Waals surface area contributed by atoms with Gasteiger partial charge in [0.2, 0.25) is 0 Å². The predicted molar refractivity (Wildman–Crippen MR) is 41.0 cm³/mol. The van der Waals surface area contributed by atoms with Gasteiger partial charge in [-0.2, -0.15) is 0 Å². The molecule has 0 aromatic heterocycles. The van der Waals surface area contributed by atoms with E-state index < -0.39 is 0 Å². The molecule has 2 nitrogen and oxygen atoms in total. The van der Waals surface area contributed by atoms with E-state index in [4.69, 9.17) is 4.74 Å². The maximum Gasteiger partial charge on any atom is 0.122 e. The lowest BCUT2D eigenvalue weighted by Gasteiger charge is -2.11. The molecule has 2 heteroatoms. The molecule has 0 radical (unpaired) electrons. The Morgan fingerprint density at radius 2 is 2.20 bits per heavy atom. The second-order valence-electron chi connectivity index (χ2n) is 2.27. The SMILES string of the molecule is CCCC(CC=O)OCC. The number of aldehydes is 1. The summed E-state index contributed by atoms with van der Waals surface area (Å²) >= 11 is 0. The molecular formula is C8H16O2. The van der Waals surface area contributed by atoms with Gasteiger partial charge in [-0.15, -0.1) is 0 Å². The third-order valence-electron chi connectivity index (χ3n) is 1.37. The molecule has 60 valence electrons. The smallest absolute Gasteiger partial charge is 0.122 e. The summed E-state index contributed by atoms with van der Waals surface area (Å²) in [5.74, 6) is 0. The van der Waals surface area contributed by atoms with Crippen molar-refractivity contribution in [3.8, 4) is 0 Å². The van der Waals surface area contributed by atoms with Crippen LogP contribution in [-0.2, 0) is 9.53 Å². The monoisotopic (exact) mass is 144 g/mol. The highest BCUT2D eigenvalue weighted by molar-refractivity contribution is 5.50. The van der Waals surface area contributed by atoms with Crippen LogP contribution in [0, 0.1) is 0 Å². The van der Waals surface area contributed by atoms with Crippen LogP contribution >= 0.6 is 0 Å². The summed E-state index contributed by atoms with van der Waals surface area (Å²) in [7, 11) is 0. The largest absolute Gasteiger partial charge is 0.378 e. The van der Waals surface area contributed by atoms with E-state index in [0.29, 0.717) is 13.0 Å². The molecule has 0 aromatic rings. The lowest BCUT2D eigenvalue weighted by atomic mass is 10.1. The first kappa shape index (κ1) is 9.63. The van der Waals surface area contributed by atoms with Crippen LogP contribution in [0.15, 0.2) is 0 Å². The Morgan fingerprint density at radius 1 is 1.50 bits per heavy atom. The minimum atomic E-state index is 0.160. The van der Waals surface area contributed by atoms with E-state index in [0.717, 1.165) is 19.1 Å². The van der Waals surface area contributed by atoms with Gasteiger partial charge in [-0.25, -0.2) is 0 Å². The number of carbonyl (C=O) groups is 1. The zero-order chi connectivity index (χ0) is 7.82. The summed E-state index contributed by atoms with van der Waals surface area (Å²) in [6.45, 7) is 4.75. The zero-order valence-electron chi connectivity index (χ0n) is 6.80. The van der Waals surface area contributed by atoms with E-state index in [9.17, 15) is 4.79 Å². The lowest BCUT2D eigenvalue weighted by Crippen LogP contribution is -2.12. The van der Waals surface area contributed by atoms with Crippen LogP contribution in [0.3, 0.4) is 0 Å². The summed E-state index contributed by atoms with van der Waals surface area (Å²) in [5, 5.41) is 0. The Balaban J connectivity index is 3.38. The molecule has 0 aromatic carbocycles. The van der Waals surface area contributed by atoms with Gasteiger partial charge in [-0.3, -0.25) is 0 Å². The Hall–Kier alpha value is -0.370. The van der Waals surface area contributed by atoms with Crippen LogP contribution in [0.25, 0.3) is 0 Å². The number of carbonyl (C=O) groups excluding carboxylic acids is 1. The molecule has 0 spiro atoms. The van der Waals surface area contributed by atoms with Gasteiger partial charge in [-0.1, -0.05) is 13.3 Å². The Bertz CT molecular complexity index is 75.3. The Labute approximate surface area is 62.6 Å². The highest BCUT2D eigenvalue weighted by atomic mass is 16.5. The van der Waals surface area contributed by atoms with E-state index in [-0.39, 0.29) is 6.10 Å². The van der Waals surface area contributed by atoms with Gasteiger partial charge in [0.1, 0.15) is 6.29 Å². The van der Waals surface area contributed by atoms with Crippen molar-refractivity contribution >= 4 is 6.29 Å². The van der Waals surface area contributed by atoms with Crippen molar-refractivity contribution in [3.05, 3.63) is 0 Å². The number of hydrogen-bond acceptors (Lipinski definition) is 2. The van der Waals surface area contributed by atoms with Crippen molar-refractivity contribution in [1.29, 1.82) is 0 Å². The second-order valence-corrected chi connectivity index (χ2v) is 2.27. The third-order valence-corrected chi connectivity index (χ3v) is 1.37. The van der Waals surface area contributed by atoms with Crippen molar-refractivity contribution in [2.45, 2.75) is 39.2 Å². The highest BCUT2D eigenvalue weighted by Crippen LogP contribution is 2.04. The molecule has 0 aliphatic carbocycles. The first-order valence-corrected chi connectivity index (χ1v) is 3.90. The van der Waals surface area contributed by atoms with Crippen LogP contribution in [0.5, 0.6) is 0 Å². The van der Waals surface area contributed by atoms with Crippen molar-refractivity contribution in [2.24, 2.45) is 0 Å². The molecular weight excluding hydrogens is 128 g/mol. The zero-order valence-corrected chi connectivity index (χ0v) is 6.80. The summed E-state index contributed by atoms with van der Waals surface area (Å²) < 4.78 is 5.29. The average Bonchev–Trinajstić information content (AvgIpc) is 1.90. The molecule has 0 heterocycles. The van der Waals surface area contributed by atoms with Crippen LogP contribution in [-0.4, -0.2) is 19.0 Å². The van der Waals surface area contributed by atoms with Crippen LogP contribution in [0.2, 0.25) is 0 Å². The molecule has 1 atom stereocenters. The minimum Gasteiger partial charge on any atom is -0.378 e. The maximum absolute atomic E-state index is 10.1. The fourth-order valence-electron chi connectivity index (χ4n) is 0.934.